The zero-order valence-electron chi connectivity index (χ0n) is 11.8. The molecule has 0 bridgehead atoms. The van der Waals surface area contributed by atoms with Crippen molar-refractivity contribution in [3.05, 3.63) is 35.4 Å². The Bertz CT molecular complexity index is 629. The van der Waals surface area contributed by atoms with Gasteiger partial charge in [-0.2, -0.15) is 5.26 Å². The van der Waals surface area contributed by atoms with E-state index in [2.05, 4.69) is 0 Å². The first-order valence-corrected chi connectivity index (χ1v) is 6.67. The smallest absolute Gasteiger partial charge is 0.321 e. The molecular formula is C16H15NO4. The Hall–Kier alpha value is -2.48. The van der Waals surface area contributed by atoms with E-state index in [1.165, 1.54) is 6.92 Å². The first-order valence-electron chi connectivity index (χ1n) is 6.67. The Balaban J connectivity index is 2.42. The lowest BCUT2D eigenvalue weighted by atomic mass is 9.94. The average molecular weight is 285 g/mol. The molecule has 0 radical (unpaired) electrons. The standard InChI is InChI=1S/C16H15NO4/c1-3-21-15(20)16(10(2)19)13(9-18)14(16)12-6-4-11(8-17)5-7-12/h4-7,9,13-14H,3H2,1-2H3/t13-,14-,16-/m1/s1. The van der Waals surface area contributed by atoms with E-state index in [4.69, 9.17) is 10.00 Å². The SMILES string of the molecule is CCOC(=O)[C@]1(C(C)=O)[C@H](C=O)[C@H]1c1ccc(C#N)cc1. The lowest BCUT2D eigenvalue weighted by molar-refractivity contribution is -0.154. The monoisotopic (exact) mass is 285 g/mol. The molecule has 0 aromatic heterocycles. The number of hydrogen-bond acceptors (Lipinski definition) is 5. The quantitative estimate of drug-likeness (QED) is 0.466. The fourth-order valence-corrected chi connectivity index (χ4v) is 2.95. The number of esters is 1. The van der Waals surface area contributed by atoms with Crippen molar-refractivity contribution in [2.24, 2.45) is 11.3 Å². The summed E-state index contributed by atoms with van der Waals surface area (Å²) in [6.45, 7) is 3.11. The molecule has 5 nitrogen and oxygen atoms in total. The second kappa shape index (κ2) is 5.49. The highest BCUT2D eigenvalue weighted by Crippen LogP contribution is 2.65. The molecule has 0 heterocycles. The van der Waals surface area contributed by atoms with Crippen molar-refractivity contribution < 1.29 is 19.1 Å². The molecular weight excluding hydrogens is 270 g/mol. The number of carbonyl (C=O) groups is 3. The summed E-state index contributed by atoms with van der Waals surface area (Å²) in [6.07, 6.45) is 0.640. The zero-order valence-corrected chi connectivity index (χ0v) is 11.8. The molecule has 0 amide bonds. The van der Waals surface area contributed by atoms with E-state index in [9.17, 15) is 14.4 Å². The number of ether oxygens (including phenoxy) is 1. The molecule has 1 aliphatic rings. The van der Waals surface area contributed by atoms with Gasteiger partial charge >= 0.3 is 5.97 Å². The van der Waals surface area contributed by atoms with Crippen LogP contribution in [0.1, 0.15) is 30.9 Å². The molecule has 5 heteroatoms. The molecule has 1 saturated carbocycles. The van der Waals surface area contributed by atoms with E-state index in [1.54, 1.807) is 31.2 Å². The maximum atomic E-state index is 12.2. The van der Waals surface area contributed by atoms with Crippen LogP contribution in [-0.2, 0) is 19.1 Å². The maximum absolute atomic E-state index is 12.2. The summed E-state index contributed by atoms with van der Waals surface area (Å²) in [4.78, 5) is 35.5. The van der Waals surface area contributed by atoms with Gasteiger partial charge in [0.15, 0.2) is 0 Å². The van der Waals surface area contributed by atoms with Gasteiger partial charge in [-0.1, -0.05) is 12.1 Å². The number of ketones is 1. The van der Waals surface area contributed by atoms with Crippen molar-refractivity contribution in [2.45, 2.75) is 19.8 Å². The fraction of sp³-hybridized carbons (Fsp3) is 0.375. The maximum Gasteiger partial charge on any atom is 0.321 e. The second-order valence-corrected chi connectivity index (χ2v) is 5.02. The molecule has 1 aromatic carbocycles. The number of nitrogens with zero attached hydrogens (tertiary/aromatic N) is 1. The Kier molecular flexibility index (Phi) is 3.90. The van der Waals surface area contributed by atoms with Crippen LogP contribution in [0.25, 0.3) is 0 Å². The van der Waals surface area contributed by atoms with E-state index in [0.717, 1.165) is 0 Å². The summed E-state index contributed by atoms with van der Waals surface area (Å²) >= 11 is 0. The lowest BCUT2D eigenvalue weighted by Gasteiger charge is -2.12. The summed E-state index contributed by atoms with van der Waals surface area (Å²) in [7, 11) is 0. The highest BCUT2D eigenvalue weighted by Gasteiger charge is 2.74. The normalized spacial score (nSPS) is 26.5. The van der Waals surface area contributed by atoms with Gasteiger partial charge in [0, 0.05) is 11.8 Å². The molecule has 21 heavy (non-hydrogen) atoms. The summed E-state index contributed by atoms with van der Waals surface area (Å²) in [6, 6.07) is 8.54. The third-order valence-corrected chi connectivity index (χ3v) is 4.01. The minimum atomic E-state index is -1.41. The summed E-state index contributed by atoms with van der Waals surface area (Å²) in [5.41, 5.74) is -0.243. The van der Waals surface area contributed by atoms with E-state index in [1.807, 2.05) is 6.07 Å². The van der Waals surface area contributed by atoms with Gasteiger partial charge in [-0.15, -0.1) is 0 Å². The third kappa shape index (κ3) is 2.13. The van der Waals surface area contributed by atoms with E-state index in [-0.39, 0.29) is 12.4 Å². The van der Waals surface area contributed by atoms with Gasteiger partial charge in [-0.25, -0.2) is 0 Å². The van der Waals surface area contributed by atoms with Crippen LogP contribution in [0.2, 0.25) is 0 Å². The van der Waals surface area contributed by atoms with Crippen LogP contribution in [0.4, 0.5) is 0 Å². The van der Waals surface area contributed by atoms with Gasteiger partial charge in [-0.3, -0.25) is 9.59 Å². The van der Waals surface area contributed by atoms with Crippen LogP contribution in [0.5, 0.6) is 0 Å². The predicted octanol–water partition coefficient (Wildman–Crippen LogP) is 1.61. The highest BCUT2D eigenvalue weighted by molar-refractivity contribution is 6.11. The first-order chi connectivity index (χ1) is 10.0. The molecule has 108 valence electrons. The van der Waals surface area contributed by atoms with E-state index >= 15 is 0 Å². The molecule has 0 unspecified atom stereocenters. The first kappa shape index (κ1) is 14.9. The summed E-state index contributed by atoms with van der Waals surface area (Å²) in [5.74, 6) is -2.24. The number of carbonyl (C=O) groups excluding carboxylic acids is 3. The van der Waals surface area contributed by atoms with Crippen molar-refractivity contribution >= 4 is 18.0 Å². The van der Waals surface area contributed by atoms with Gasteiger partial charge in [-0.05, 0) is 31.5 Å². The molecule has 0 saturated heterocycles. The Morgan fingerprint density at radius 1 is 1.38 bits per heavy atom. The van der Waals surface area contributed by atoms with Crippen LogP contribution in [0.15, 0.2) is 24.3 Å². The summed E-state index contributed by atoms with van der Waals surface area (Å²) in [5, 5.41) is 8.80. The minimum absolute atomic E-state index is 0.152. The molecule has 3 atom stereocenters. The van der Waals surface area contributed by atoms with E-state index < -0.39 is 23.2 Å². The fourth-order valence-electron chi connectivity index (χ4n) is 2.95. The van der Waals surface area contributed by atoms with Crippen LogP contribution >= 0.6 is 0 Å². The molecule has 0 aliphatic heterocycles. The van der Waals surface area contributed by atoms with Crippen LogP contribution < -0.4 is 0 Å². The molecule has 1 fully saturated rings. The third-order valence-electron chi connectivity index (χ3n) is 4.01. The molecule has 0 N–H and O–H groups in total. The van der Waals surface area contributed by atoms with Crippen molar-refractivity contribution in [2.75, 3.05) is 6.61 Å². The van der Waals surface area contributed by atoms with E-state index in [0.29, 0.717) is 17.4 Å². The van der Waals surface area contributed by atoms with Gasteiger partial charge in [0.05, 0.1) is 18.2 Å². The van der Waals surface area contributed by atoms with Crippen LogP contribution in [0, 0.1) is 22.7 Å². The molecule has 1 aliphatic carbocycles. The molecule has 1 aromatic rings. The Morgan fingerprint density at radius 3 is 2.43 bits per heavy atom. The van der Waals surface area contributed by atoms with Crippen molar-refractivity contribution in [3.63, 3.8) is 0 Å². The zero-order chi connectivity index (χ0) is 15.6. The number of rotatable bonds is 5. The number of nitriles is 1. The lowest BCUT2D eigenvalue weighted by Crippen LogP contribution is -2.30. The largest absolute Gasteiger partial charge is 0.465 e. The predicted molar refractivity (Wildman–Crippen MR) is 73.2 cm³/mol. The van der Waals surface area contributed by atoms with Crippen molar-refractivity contribution in [3.8, 4) is 6.07 Å². The number of benzene rings is 1. The average Bonchev–Trinajstić information content (AvgIpc) is 3.18. The van der Waals surface area contributed by atoms with Crippen molar-refractivity contribution in [1.29, 1.82) is 5.26 Å². The highest BCUT2D eigenvalue weighted by atomic mass is 16.5. The number of Topliss-reactive ketones (excluding diaryl/α,β-unsaturated/α-hetero) is 1. The number of hydrogen-bond donors (Lipinski definition) is 0. The van der Waals surface area contributed by atoms with Gasteiger partial charge in [0.1, 0.15) is 17.5 Å². The van der Waals surface area contributed by atoms with Crippen LogP contribution in [-0.4, -0.2) is 24.6 Å². The van der Waals surface area contributed by atoms with Crippen LogP contribution in [0.3, 0.4) is 0 Å². The Morgan fingerprint density at radius 2 is 2.00 bits per heavy atom. The topological polar surface area (TPSA) is 84.2 Å². The van der Waals surface area contributed by atoms with Gasteiger partial charge in [0.2, 0.25) is 0 Å². The van der Waals surface area contributed by atoms with Crippen molar-refractivity contribution in [1.82, 2.24) is 0 Å². The number of aldehydes is 1. The summed E-state index contributed by atoms with van der Waals surface area (Å²) < 4.78 is 4.99. The minimum Gasteiger partial charge on any atom is -0.465 e. The Labute approximate surface area is 122 Å². The van der Waals surface area contributed by atoms with Gasteiger partial charge in [0.25, 0.3) is 0 Å². The second-order valence-electron chi connectivity index (χ2n) is 5.02. The molecule has 0 spiro atoms. The van der Waals surface area contributed by atoms with Gasteiger partial charge < -0.3 is 9.53 Å². The molecule has 2 rings (SSSR count).